The Balaban J connectivity index is 2.07. The molecule has 1 saturated heterocycles. The second-order valence-electron chi connectivity index (χ2n) is 5.92. The van der Waals surface area contributed by atoms with E-state index in [4.69, 9.17) is 9.47 Å². The summed E-state index contributed by atoms with van der Waals surface area (Å²) in [4.78, 5) is 28.7. The summed E-state index contributed by atoms with van der Waals surface area (Å²) in [7, 11) is 3.07. The van der Waals surface area contributed by atoms with Gasteiger partial charge in [0, 0.05) is 31.8 Å². The predicted molar refractivity (Wildman–Crippen MR) is 96.1 cm³/mol. The van der Waals surface area contributed by atoms with Crippen molar-refractivity contribution in [2.45, 2.75) is 20.3 Å². The Morgan fingerprint density at radius 3 is 2.28 bits per heavy atom. The molecule has 0 atom stereocenters. The third-order valence-corrected chi connectivity index (χ3v) is 4.34. The van der Waals surface area contributed by atoms with Gasteiger partial charge >= 0.3 is 0 Å². The van der Waals surface area contributed by atoms with E-state index in [0.29, 0.717) is 43.2 Å². The zero-order chi connectivity index (χ0) is 18.4. The third kappa shape index (κ3) is 4.13. The van der Waals surface area contributed by atoms with Crippen LogP contribution in [0.25, 0.3) is 0 Å². The van der Waals surface area contributed by atoms with Crippen molar-refractivity contribution in [3.8, 4) is 11.5 Å². The van der Waals surface area contributed by atoms with Crippen molar-refractivity contribution in [1.82, 2.24) is 9.80 Å². The van der Waals surface area contributed by atoms with Crippen LogP contribution in [0.2, 0.25) is 0 Å². The lowest BCUT2D eigenvalue weighted by Gasteiger charge is -2.35. The highest BCUT2D eigenvalue weighted by Crippen LogP contribution is 2.31. The molecule has 0 aromatic heterocycles. The second kappa shape index (κ2) is 8.55. The van der Waals surface area contributed by atoms with E-state index in [0.717, 1.165) is 12.0 Å². The van der Waals surface area contributed by atoms with Gasteiger partial charge in [-0.2, -0.15) is 0 Å². The number of benzene rings is 1. The number of rotatable bonds is 5. The van der Waals surface area contributed by atoms with Crippen LogP contribution in [-0.4, -0.2) is 62.0 Å². The van der Waals surface area contributed by atoms with E-state index in [1.54, 1.807) is 35.1 Å². The van der Waals surface area contributed by atoms with Gasteiger partial charge in [-0.1, -0.05) is 19.1 Å². The van der Waals surface area contributed by atoms with Crippen LogP contribution in [0.4, 0.5) is 0 Å². The number of hydrogen-bond donors (Lipinski definition) is 0. The van der Waals surface area contributed by atoms with Crippen molar-refractivity contribution >= 4 is 11.8 Å². The van der Waals surface area contributed by atoms with E-state index < -0.39 is 0 Å². The van der Waals surface area contributed by atoms with Crippen molar-refractivity contribution in [2.24, 2.45) is 0 Å². The van der Waals surface area contributed by atoms with Crippen LogP contribution in [0.1, 0.15) is 30.6 Å². The van der Waals surface area contributed by atoms with E-state index in [2.05, 4.69) is 0 Å². The fourth-order valence-electron chi connectivity index (χ4n) is 2.98. The lowest BCUT2D eigenvalue weighted by atomic mass is 10.1. The van der Waals surface area contributed by atoms with Gasteiger partial charge in [0.25, 0.3) is 5.91 Å². The fraction of sp³-hybridized carbons (Fsp3) is 0.474. The average molecular weight is 346 g/mol. The van der Waals surface area contributed by atoms with Crippen molar-refractivity contribution < 1.29 is 19.1 Å². The first-order valence-corrected chi connectivity index (χ1v) is 8.49. The molecule has 6 heteroatoms. The van der Waals surface area contributed by atoms with Gasteiger partial charge in [0.1, 0.15) is 0 Å². The number of ether oxygens (including phenoxy) is 2. The molecule has 1 fully saturated rings. The Kier molecular flexibility index (Phi) is 6.44. The first-order valence-electron chi connectivity index (χ1n) is 8.49. The maximum Gasteiger partial charge on any atom is 0.257 e. The summed E-state index contributed by atoms with van der Waals surface area (Å²) in [5.74, 6) is 0.911. The molecular formula is C19H26N2O4. The van der Waals surface area contributed by atoms with Crippen LogP contribution >= 0.6 is 0 Å². The molecule has 6 nitrogen and oxygen atoms in total. The standard InChI is InChI=1S/C19H26N2O4/c1-5-7-14(2)18(22)20-10-12-21(13-11-20)19(23)15-8-6-9-16(24-3)17(15)25-4/h6-9H,5,10-13H2,1-4H3. The smallest absolute Gasteiger partial charge is 0.257 e. The molecule has 0 spiro atoms. The Bertz CT molecular complexity index is 661. The normalized spacial score (nSPS) is 15.1. The van der Waals surface area contributed by atoms with Crippen LogP contribution in [-0.2, 0) is 4.79 Å². The van der Waals surface area contributed by atoms with Crippen LogP contribution in [0.5, 0.6) is 11.5 Å². The monoisotopic (exact) mass is 346 g/mol. The Morgan fingerprint density at radius 1 is 1.08 bits per heavy atom. The highest BCUT2D eigenvalue weighted by atomic mass is 16.5. The van der Waals surface area contributed by atoms with Gasteiger partial charge in [-0.3, -0.25) is 9.59 Å². The molecule has 0 saturated carbocycles. The molecule has 0 bridgehead atoms. The summed E-state index contributed by atoms with van der Waals surface area (Å²) in [6.07, 6.45) is 2.77. The first-order chi connectivity index (χ1) is 12.0. The topological polar surface area (TPSA) is 59.1 Å². The minimum Gasteiger partial charge on any atom is -0.493 e. The molecular weight excluding hydrogens is 320 g/mol. The van der Waals surface area contributed by atoms with Gasteiger partial charge in [-0.25, -0.2) is 0 Å². The maximum atomic E-state index is 12.8. The molecule has 2 amide bonds. The van der Waals surface area contributed by atoms with Crippen molar-refractivity contribution in [3.05, 3.63) is 35.4 Å². The molecule has 1 aliphatic rings. The van der Waals surface area contributed by atoms with Gasteiger partial charge in [0.2, 0.25) is 5.91 Å². The van der Waals surface area contributed by atoms with E-state index in [1.807, 2.05) is 19.9 Å². The largest absolute Gasteiger partial charge is 0.493 e. The van der Waals surface area contributed by atoms with Gasteiger partial charge in [-0.15, -0.1) is 0 Å². The van der Waals surface area contributed by atoms with Gasteiger partial charge in [0.05, 0.1) is 19.8 Å². The maximum absolute atomic E-state index is 12.8. The van der Waals surface area contributed by atoms with Crippen LogP contribution in [0, 0.1) is 0 Å². The van der Waals surface area contributed by atoms with Crippen LogP contribution < -0.4 is 9.47 Å². The fourth-order valence-corrected chi connectivity index (χ4v) is 2.98. The number of methoxy groups -OCH3 is 2. The number of para-hydroxylation sites is 1. The number of amides is 2. The molecule has 136 valence electrons. The summed E-state index contributed by atoms with van der Waals surface area (Å²) in [5, 5.41) is 0. The Morgan fingerprint density at radius 2 is 1.72 bits per heavy atom. The lowest BCUT2D eigenvalue weighted by Crippen LogP contribution is -2.50. The predicted octanol–water partition coefficient (Wildman–Crippen LogP) is 2.34. The average Bonchev–Trinajstić information content (AvgIpc) is 2.66. The molecule has 1 aromatic carbocycles. The first kappa shape index (κ1) is 18.8. The zero-order valence-corrected chi connectivity index (χ0v) is 15.4. The summed E-state index contributed by atoms with van der Waals surface area (Å²) < 4.78 is 10.6. The van der Waals surface area contributed by atoms with E-state index in [-0.39, 0.29) is 11.8 Å². The van der Waals surface area contributed by atoms with Crippen molar-refractivity contribution in [3.63, 3.8) is 0 Å². The molecule has 0 unspecified atom stereocenters. The van der Waals surface area contributed by atoms with Gasteiger partial charge < -0.3 is 19.3 Å². The molecule has 2 rings (SSSR count). The summed E-state index contributed by atoms with van der Waals surface area (Å²) in [6.45, 7) is 5.92. The Labute approximate surface area is 149 Å². The molecule has 0 aliphatic carbocycles. The number of allylic oxidation sites excluding steroid dienone is 1. The highest BCUT2D eigenvalue weighted by molar-refractivity contribution is 5.98. The molecule has 1 aromatic rings. The van der Waals surface area contributed by atoms with Crippen molar-refractivity contribution in [2.75, 3.05) is 40.4 Å². The molecule has 0 radical (unpaired) electrons. The summed E-state index contributed by atoms with van der Waals surface area (Å²) in [5.41, 5.74) is 1.24. The van der Waals surface area contributed by atoms with Crippen LogP contribution in [0.3, 0.4) is 0 Å². The number of carbonyl (C=O) groups excluding carboxylic acids is 2. The lowest BCUT2D eigenvalue weighted by molar-refractivity contribution is -0.128. The zero-order valence-electron chi connectivity index (χ0n) is 15.4. The van der Waals surface area contributed by atoms with Gasteiger partial charge in [-0.05, 0) is 25.5 Å². The SMILES string of the molecule is CCC=C(C)C(=O)N1CCN(C(=O)c2cccc(OC)c2OC)CC1. The summed E-state index contributed by atoms with van der Waals surface area (Å²) in [6, 6.07) is 5.26. The van der Waals surface area contributed by atoms with E-state index >= 15 is 0 Å². The number of piperazine rings is 1. The third-order valence-electron chi connectivity index (χ3n) is 4.34. The van der Waals surface area contributed by atoms with E-state index in [9.17, 15) is 9.59 Å². The highest BCUT2D eigenvalue weighted by Gasteiger charge is 2.27. The minimum absolute atomic E-state index is 0.0490. The minimum atomic E-state index is -0.108. The molecule has 1 heterocycles. The number of carbonyl (C=O) groups is 2. The molecule has 25 heavy (non-hydrogen) atoms. The quantitative estimate of drug-likeness (QED) is 0.768. The number of nitrogens with zero attached hydrogens (tertiary/aromatic N) is 2. The van der Waals surface area contributed by atoms with Crippen LogP contribution in [0.15, 0.2) is 29.8 Å². The summed E-state index contributed by atoms with van der Waals surface area (Å²) >= 11 is 0. The molecule has 1 aliphatic heterocycles. The van der Waals surface area contributed by atoms with Gasteiger partial charge in [0.15, 0.2) is 11.5 Å². The Hall–Kier alpha value is -2.50. The molecule has 0 N–H and O–H groups in total. The number of hydrogen-bond acceptors (Lipinski definition) is 4. The van der Waals surface area contributed by atoms with E-state index in [1.165, 1.54) is 7.11 Å². The van der Waals surface area contributed by atoms with Crippen molar-refractivity contribution in [1.29, 1.82) is 0 Å². The second-order valence-corrected chi connectivity index (χ2v) is 5.92.